The molecule has 2 heterocycles. The van der Waals surface area contributed by atoms with E-state index in [1.54, 1.807) is 0 Å². The van der Waals surface area contributed by atoms with Crippen molar-refractivity contribution in [3.8, 4) is 0 Å². The molecule has 1 aromatic heterocycles. The van der Waals surface area contributed by atoms with Crippen LogP contribution in [-0.2, 0) is 21.3 Å². The van der Waals surface area contributed by atoms with Crippen molar-refractivity contribution in [1.29, 1.82) is 0 Å². The summed E-state index contributed by atoms with van der Waals surface area (Å²) in [5.74, 6) is -0.535. The molecule has 0 spiro atoms. The molecule has 6 nitrogen and oxygen atoms in total. The summed E-state index contributed by atoms with van der Waals surface area (Å²) in [4.78, 5) is 14.3. The number of ether oxygens (including phenoxy) is 1. The first kappa shape index (κ1) is 20.4. The molecule has 3 aromatic rings. The fourth-order valence-corrected chi connectivity index (χ4v) is 6.44. The van der Waals surface area contributed by atoms with Crippen molar-refractivity contribution in [3.05, 3.63) is 77.2 Å². The van der Waals surface area contributed by atoms with Gasteiger partial charge in [-0.15, -0.1) is 11.3 Å². The highest BCUT2D eigenvalue weighted by Gasteiger charge is 2.31. The number of esters is 1. The topological polar surface area (TPSA) is 66.9 Å². The molecule has 2 aromatic carbocycles. The predicted molar refractivity (Wildman–Crippen MR) is 119 cm³/mol. The van der Waals surface area contributed by atoms with E-state index in [0.717, 1.165) is 23.6 Å². The number of hydrogen-bond acceptors (Lipinski definition) is 6. The van der Waals surface area contributed by atoms with Crippen molar-refractivity contribution in [2.45, 2.75) is 17.2 Å². The maximum absolute atomic E-state index is 13.5. The van der Waals surface area contributed by atoms with Crippen molar-refractivity contribution in [2.24, 2.45) is 0 Å². The Labute approximate surface area is 180 Å². The minimum absolute atomic E-state index is 0.134. The van der Waals surface area contributed by atoms with Crippen LogP contribution in [0, 0.1) is 0 Å². The third-order valence-corrected chi connectivity index (χ3v) is 8.35. The van der Waals surface area contributed by atoms with E-state index in [0.29, 0.717) is 25.2 Å². The number of nitrogens with zero attached hydrogens (tertiary/aromatic N) is 2. The molecule has 0 N–H and O–H groups in total. The lowest BCUT2D eigenvalue weighted by atomic mass is 10.2. The summed E-state index contributed by atoms with van der Waals surface area (Å²) in [5.41, 5.74) is 2.70. The van der Waals surface area contributed by atoms with Crippen LogP contribution in [0.25, 0.3) is 0 Å². The Morgan fingerprint density at radius 1 is 0.967 bits per heavy atom. The number of fused-ring (bicyclic) bond motifs is 1. The smallest absolute Gasteiger partial charge is 0.348 e. The molecule has 0 bridgehead atoms. The number of carbonyl (C=O) groups is 1. The first-order valence-corrected chi connectivity index (χ1v) is 11.8. The largest absolute Gasteiger partial charge is 0.465 e. The lowest BCUT2D eigenvalue weighted by Gasteiger charge is -2.27. The van der Waals surface area contributed by atoms with Crippen molar-refractivity contribution in [3.63, 3.8) is 0 Å². The molecular weight excluding hydrogens is 420 g/mol. The van der Waals surface area contributed by atoms with Crippen LogP contribution in [-0.4, -0.2) is 34.6 Å². The van der Waals surface area contributed by atoms with Crippen molar-refractivity contribution in [2.75, 3.05) is 29.4 Å². The lowest BCUT2D eigenvalue weighted by molar-refractivity contribution is 0.0606. The van der Waals surface area contributed by atoms with Gasteiger partial charge in [-0.25, -0.2) is 13.2 Å². The first-order chi connectivity index (χ1) is 14.5. The van der Waals surface area contributed by atoms with Crippen molar-refractivity contribution >= 4 is 38.7 Å². The van der Waals surface area contributed by atoms with Crippen LogP contribution in [0.5, 0.6) is 0 Å². The van der Waals surface area contributed by atoms with Crippen LogP contribution >= 0.6 is 11.3 Å². The van der Waals surface area contributed by atoms with Gasteiger partial charge in [-0.05, 0) is 36.2 Å². The molecule has 1 aliphatic heterocycles. The van der Waals surface area contributed by atoms with Gasteiger partial charge in [-0.3, -0.25) is 4.31 Å². The predicted octanol–water partition coefficient (Wildman–Crippen LogP) is 4.14. The summed E-state index contributed by atoms with van der Waals surface area (Å²) in [5, 5.41) is 0. The van der Waals surface area contributed by atoms with E-state index >= 15 is 0 Å². The zero-order chi connectivity index (χ0) is 21.1. The summed E-state index contributed by atoms with van der Waals surface area (Å²) >= 11 is 0.933. The van der Waals surface area contributed by atoms with Gasteiger partial charge in [-0.2, -0.15) is 0 Å². The second-order valence-corrected chi connectivity index (χ2v) is 10.1. The Hall–Kier alpha value is -2.84. The highest BCUT2D eigenvalue weighted by molar-refractivity contribution is 7.94. The van der Waals surface area contributed by atoms with Crippen LogP contribution in [0.2, 0.25) is 0 Å². The summed E-state index contributed by atoms with van der Waals surface area (Å²) in [7, 11) is -2.52. The van der Waals surface area contributed by atoms with Gasteiger partial charge >= 0.3 is 5.97 Å². The van der Waals surface area contributed by atoms with E-state index in [-0.39, 0.29) is 9.09 Å². The summed E-state index contributed by atoms with van der Waals surface area (Å²) in [6.07, 6.45) is 0.690. The average Bonchev–Trinajstić information content (AvgIpc) is 3.20. The molecule has 1 aliphatic rings. The van der Waals surface area contributed by atoms with Crippen molar-refractivity contribution < 1.29 is 17.9 Å². The second-order valence-electron chi connectivity index (χ2n) is 6.94. The highest BCUT2D eigenvalue weighted by Crippen LogP contribution is 2.37. The summed E-state index contributed by atoms with van der Waals surface area (Å²) in [6.45, 7) is 1.82. The van der Waals surface area contributed by atoms with Gasteiger partial charge in [0.25, 0.3) is 10.0 Å². The van der Waals surface area contributed by atoms with Gasteiger partial charge in [0, 0.05) is 19.6 Å². The number of hydrogen-bond donors (Lipinski definition) is 0. The van der Waals surface area contributed by atoms with E-state index in [9.17, 15) is 13.2 Å². The number of anilines is 2. The zero-order valence-electron chi connectivity index (χ0n) is 16.5. The van der Waals surface area contributed by atoms with E-state index in [1.807, 2.05) is 42.5 Å². The molecule has 156 valence electrons. The number of sulfonamides is 1. The Morgan fingerprint density at radius 3 is 2.40 bits per heavy atom. The Morgan fingerprint density at radius 2 is 1.67 bits per heavy atom. The minimum Gasteiger partial charge on any atom is -0.465 e. The number of rotatable bonds is 5. The van der Waals surface area contributed by atoms with Crippen LogP contribution in [0.4, 0.5) is 11.4 Å². The molecule has 0 atom stereocenters. The fourth-order valence-electron chi connectivity index (χ4n) is 3.58. The van der Waals surface area contributed by atoms with Crippen LogP contribution in [0.3, 0.4) is 0 Å². The van der Waals surface area contributed by atoms with E-state index in [1.165, 1.54) is 29.1 Å². The van der Waals surface area contributed by atoms with Gasteiger partial charge in [0.1, 0.15) is 9.09 Å². The molecule has 0 amide bonds. The number of para-hydroxylation sites is 2. The van der Waals surface area contributed by atoms with Crippen LogP contribution in [0.15, 0.2) is 70.9 Å². The van der Waals surface area contributed by atoms with Gasteiger partial charge in [0.15, 0.2) is 0 Å². The maximum Gasteiger partial charge on any atom is 0.348 e. The zero-order valence-corrected chi connectivity index (χ0v) is 18.2. The van der Waals surface area contributed by atoms with E-state index in [4.69, 9.17) is 4.74 Å². The third-order valence-electron chi connectivity index (χ3n) is 5.01. The van der Waals surface area contributed by atoms with Crippen LogP contribution < -0.4 is 9.21 Å². The van der Waals surface area contributed by atoms with E-state index in [2.05, 4.69) is 17.0 Å². The second kappa shape index (κ2) is 8.49. The number of carbonyl (C=O) groups excluding carboxylic acids is 1. The lowest BCUT2D eigenvalue weighted by Crippen LogP contribution is -2.31. The molecule has 8 heteroatoms. The molecular formula is C22H22N2O4S2. The quantitative estimate of drug-likeness (QED) is 0.556. The molecule has 0 saturated carbocycles. The maximum atomic E-state index is 13.5. The number of benzene rings is 2. The molecule has 0 fully saturated rings. The van der Waals surface area contributed by atoms with Gasteiger partial charge in [-0.1, -0.05) is 42.5 Å². The number of methoxy groups -OCH3 is 1. The first-order valence-electron chi connectivity index (χ1n) is 9.59. The van der Waals surface area contributed by atoms with Crippen LogP contribution in [0.1, 0.15) is 21.7 Å². The highest BCUT2D eigenvalue weighted by atomic mass is 32.2. The summed E-state index contributed by atoms with van der Waals surface area (Å²) < 4.78 is 33.2. The average molecular weight is 443 g/mol. The van der Waals surface area contributed by atoms with Gasteiger partial charge in [0.05, 0.1) is 18.5 Å². The Balaban J connectivity index is 1.70. The monoisotopic (exact) mass is 442 g/mol. The normalized spacial score (nSPS) is 14.2. The Kier molecular flexibility index (Phi) is 5.78. The molecule has 30 heavy (non-hydrogen) atoms. The Bertz CT molecular complexity index is 1140. The van der Waals surface area contributed by atoms with Gasteiger partial charge < -0.3 is 9.64 Å². The molecule has 0 aliphatic carbocycles. The number of thiophene rings is 1. The molecule has 0 radical (unpaired) electrons. The standard InChI is InChI=1S/C22H22N2O4S2/c1-28-22(25)20-12-13-21(29-20)30(26,27)24-15-7-14-23(16-17-8-3-2-4-9-17)18-10-5-6-11-19(18)24/h2-6,8-13H,7,14-16H2,1H3. The van der Waals surface area contributed by atoms with Gasteiger partial charge in [0.2, 0.25) is 0 Å². The molecule has 4 rings (SSSR count). The molecule has 0 saturated heterocycles. The summed E-state index contributed by atoms with van der Waals surface area (Å²) in [6, 6.07) is 20.7. The van der Waals surface area contributed by atoms with Crippen molar-refractivity contribution in [1.82, 2.24) is 0 Å². The SMILES string of the molecule is COC(=O)c1ccc(S(=O)(=O)N2CCCN(Cc3ccccc3)c3ccccc32)s1. The van der Waals surface area contributed by atoms with E-state index < -0.39 is 16.0 Å². The molecule has 0 unspecified atom stereocenters. The minimum atomic E-state index is -3.80. The fraction of sp³-hybridized carbons (Fsp3) is 0.227. The third kappa shape index (κ3) is 3.93.